The van der Waals surface area contributed by atoms with Crippen LogP contribution in [0.2, 0.25) is 0 Å². The van der Waals surface area contributed by atoms with Gasteiger partial charge in [0.15, 0.2) is 12.4 Å². The molecule has 0 saturated heterocycles. The molecule has 0 amide bonds. The van der Waals surface area contributed by atoms with Crippen molar-refractivity contribution in [2.75, 3.05) is 0 Å². The predicted octanol–water partition coefficient (Wildman–Crippen LogP) is -3.17. The van der Waals surface area contributed by atoms with Gasteiger partial charge in [0.2, 0.25) is 0 Å². The maximum atomic E-state index is 11.5. The molecule has 1 aliphatic rings. The first-order valence-electron chi connectivity index (χ1n) is 10.4. The molecule has 0 bridgehead atoms. The number of aryl methyl sites for hydroxylation is 1. The number of aromatic nitrogens is 1. The minimum absolute atomic E-state index is 0.0277. The van der Waals surface area contributed by atoms with Gasteiger partial charge in [0.1, 0.15) is 12.7 Å². The van der Waals surface area contributed by atoms with E-state index in [0.717, 1.165) is 11.1 Å². The molecule has 0 saturated carbocycles. The Morgan fingerprint density at radius 2 is 1.86 bits per heavy atom. The van der Waals surface area contributed by atoms with Crippen LogP contribution in [0.1, 0.15) is 18.4 Å². The van der Waals surface area contributed by atoms with E-state index in [9.17, 15) is 22.9 Å². The number of carbonyl (C=O) groups excluding carboxylic acids is 1. The second-order valence-electron chi connectivity index (χ2n) is 7.94. The topological polar surface area (TPSA) is 206 Å². The van der Waals surface area contributed by atoms with Crippen LogP contribution < -0.4 is 31.9 Å². The van der Waals surface area contributed by atoms with Crippen molar-refractivity contribution in [1.29, 1.82) is 0 Å². The predicted molar refractivity (Wildman–Crippen MR) is 125 cm³/mol. The Morgan fingerprint density at radius 1 is 1.17 bits per heavy atom. The fraction of sp³-hybridized carbons (Fsp3) is 0.217. The maximum absolute atomic E-state index is 11.5. The summed E-state index contributed by atoms with van der Waals surface area (Å²) in [7, 11) is -2.91. The molecule has 2 atom stereocenters. The third kappa shape index (κ3) is 6.66. The molecular weight excluding hydrogens is 472 g/mol. The highest BCUT2D eigenvalue weighted by Gasteiger charge is 2.31. The molecule has 1 aliphatic carbocycles. The summed E-state index contributed by atoms with van der Waals surface area (Å²) in [5, 5.41) is 9.89. The molecule has 0 spiro atoms. The fourth-order valence-electron chi connectivity index (χ4n) is 3.63. The molecule has 1 aromatic heterocycles. The molecule has 0 aliphatic heterocycles. The van der Waals surface area contributed by atoms with Crippen LogP contribution in [0, 0.1) is 17.8 Å². The number of benzene rings is 1. The lowest BCUT2D eigenvalue weighted by atomic mass is 9.88. The minimum Gasteiger partial charge on any atom is -0.748 e. The van der Waals surface area contributed by atoms with E-state index >= 15 is 0 Å². The van der Waals surface area contributed by atoms with Gasteiger partial charge < -0.3 is 31.7 Å². The first-order valence-corrected chi connectivity index (χ1v) is 11.9. The standard InChI is InChI=1S/C23H24N6O5S/c1-29-10-8-15(9-11-29)18-6-5-17(27-23(26)28-22(24)25)13-16(18)4-2-14-3-7-20(35(32,33)34)19(12-14)21(30)31/h3,5-6,8-11,13,19-20H,7,12H2,1H3,(H7,24,25,26,28,30,31,32,33,34)/t19-,20+/m1/s1. The number of aliphatic carboxylic acids is 1. The summed E-state index contributed by atoms with van der Waals surface area (Å²) in [4.78, 5) is 18.2. The Morgan fingerprint density at radius 3 is 2.46 bits per heavy atom. The Hall–Kier alpha value is -4.21. The first-order chi connectivity index (χ1) is 16.4. The fourth-order valence-corrected chi connectivity index (χ4v) is 4.57. The number of allylic oxidation sites excluding steroid dienone is 2. The number of carboxylic acids is 1. The Labute approximate surface area is 202 Å². The Balaban J connectivity index is 2.05. The van der Waals surface area contributed by atoms with Gasteiger partial charge in [-0.3, -0.25) is 0 Å². The zero-order chi connectivity index (χ0) is 25.8. The zero-order valence-corrected chi connectivity index (χ0v) is 19.6. The van der Waals surface area contributed by atoms with E-state index in [1.165, 1.54) is 6.08 Å². The zero-order valence-electron chi connectivity index (χ0n) is 18.8. The Bertz CT molecular complexity index is 1400. The summed E-state index contributed by atoms with van der Waals surface area (Å²) in [5.74, 6) is 2.70. The van der Waals surface area contributed by atoms with Gasteiger partial charge in [-0.2, -0.15) is 0 Å². The van der Waals surface area contributed by atoms with Crippen LogP contribution in [-0.4, -0.2) is 36.1 Å². The van der Waals surface area contributed by atoms with Gasteiger partial charge in [-0.05, 0) is 41.7 Å². The van der Waals surface area contributed by atoms with Crippen molar-refractivity contribution in [3.05, 3.63) is 59.9 Å². The molecular formula is C23H24N6O5S. The monoisotopic (exact) mass is 496 g/mol. The molecule has 1 heterocycles. The number of hydrogen-bond acceptors (Lipinski definition) is 6. The van der Waals surface area contributed by atoms with E-state index in [4.69, 9.17) is 17.2 Å². The number of nitrogens with zero attached hydrogens (tertiary/aromatic N) is 2. The van der Waals surface area contributed by atoms with Crippen LogP contribution in [0.4, 0.5) is 5.69 Å². The lowest BCUT2D eigenvalue weighted by Crippen LogP contribution is -2.84. The second kappa shape index (κ2) is 10.4. The quantitative estimate of drug-likeness (QED) is 0.111. The minimum atomic E-state index is -4.80. The van der Waals surface area contributed by atoms with Crippen molar-refractivity contribution in [2.45, 2.75) is 18.1 Å². The van der Waals surface area contributed by atoms with Crippen molar-refractivity contribution in [1.82, 2.24) is 0 Å². The van der Waals surface area contributed by atoms with Crippen molar-refractivity contribution in [3.8, 4) is 23.0 Å². The smallest absolute Gasteiger partial charge is 0.316 e. The van der Waals surface area contributed by atoms with E-state index < -0.39 is 27.3 Å². The van der Waals surface area contributed by atoms with Crippen LogP contribution in [0.5, 0.6) is 0 Å². The van der Waals surface area contributed by atoms with Crippen LogP contribution in [0.15, 0.2) is 59.4 Å². The lowest BCUT2D eigenvalue weighted by molar-refractivity contribution is -0.671. The molecule has 0 unspecified atom stereocenters. The van der Waals surface area contributed by atoms with Crippen molar-refractivity contribution in [3.63, 3.8) is 0 Å². The largest absolute Gasteiger partial charge is 0.748 e. The highest BCUT2D eigenvalue weighted by atomic mass is 32.2. The van der Waals surface area contributed by atoms with E-state index in [2.05, 4.69) is 21.8 Å². The van der Waals surface area contributed by atoms with Gasteiger partial charge >= 0.3 is 5.96 Å². The van der Waals surface area contributed by atoms with E-state index in [1.807, 2.05) is 36.1 Å². The summed E-state index contributed by atoms with van der Waals surface area (Å²) >= 11 is 0. The SMILES string of the molecule is C[n+]1ccc(-c2ccc(N=C(N)[NH+]=C(N)N)cc2C#CC2=CC[C@H](S(=O)(=O)[O-])[C@H](C(=O)[O-])C2)cc1. The van der Waals surface area contributed by atoms with E-state index in [-0.39, 0.29) is 24.8 Å². The molecule has 12 heteroatoms. The number of pyridine rings is 1. The van der Waals surface area contributed by atoms with Gasteiger partial charge in [-0.15, -0.1) is 4.99 Å². The Kier molecular flexibility index (Phi) is 7.53. The third-order valence-electron chi connectivity index (χ3n) is 5.33. The molecule has 35 heavy (non-hydrogen) atoms. The number of hydrogen-bond donors (Lipinski definition) is 4. The van der Waals surface area contributed by atoms with Crippen molar-refractivity contribution in [2.24, 2.45) is 35.2 Å². The number of nitrogens with one attached hydrogen (secondary N) is 1. The molecule has 2 aromatic rings. The first kappa shape index (κ1) is 25.4. The third-order valence-corrected chi connectivity index (χ3v) is 6.59. The van der Waals surface area contributed by atoms with Crippen LogP contribution >= 0.6 is 0 Å². The molecule has 0 radical (unpaired) electrons. The molecule has 3 rings (SSSR count). The molecule has 0 fully saturated rings. The normalized spacial score (nSPS) is 18.1. The highest BCUT2D eigenvalue weighted by molar-refractivity contribution is 7.86. The van der Waals surface area contributed by atoms with Gasteiger partial charge in [0.25, 0.3) is 5.96 Å². The summed E-state index contributed by atoms with van der Waals surface area (Å²) in [6, 6.07) is 9.02. The summed E-state index contributed by atoms with van der Waals surface area (Å²) in [5.41, 5.74) is 19.6. The second-order valence-corrected chi connectivity index (χ2v) is 9.53. The molecule has 182 valence electrons. The van der Waals surface area contributed by atoms with Crippen molar-refractivity contribution < 1.29 is 32.4 Å². The number of nitrogens with two attached hydrogens (primary N) is 3. The van der Waals surface area contributed by atoms with E-state index in [1.54, 1.807) is 18.2 Å². The molecule has 11 nitrogen and oxygen atoms in total. The van der Waals surface area contributed by atoms with Gasteiger partial charge in [-0.1, -0.05) is 24.0 Å². The van der Waals surface area contributed by atoms with Gasteiger partial charge in [-0.25, -0.2) is 18.0 Å². The van der Waals surface area contributed by atoms with Crippen LogP contribution in [0.25, 0.3) is 11.1 Å². The number of guanidine groups is 2. The molecule has 1 aromatic carbocycles. The summed E-state index contributed by atoms with van der Waals surface area (Å²) < 4.78 is 36.2. The van der Waals surface area contributed by atoms with Crippen LogP contribution in [0.3, 0.4) is 0 Å². The number of rotatable bonds is 4. The summed E-state index contributed by atoms with van der Waals surface area (Å²) in [6.45, 7) is 0. The summed E-state index contributed by atoms with van der Waals surface area (Å²) in [6.07, 6.45) is 4.74. The average molecular weight is 497 g/mol. The average Bonchev–Trinajstić information content (AvgIpc) is 2.77. The van der Waals surface area contributed by atoms with Crippen LogP contribution in [-0.2, 0) is 22.0 Å². The molecule has 7 N–H and O–H groups in total. The van der Waals surface area contributed by atoms with Gasteiger partial charge in [0, 0.05) is 29.6 Å². The van der Waals surface area contributed by atoms with Gasteiger partial charge in [0.05, 0.1) is 15.4 Å². The lowest BCUT2D eigenvalue weighted by Gasteiger charge is -2.32. The number of aliphatic imine (C=N–C) groups is 1. The van der Waals surface area contributed by atoms with E-state index in [0.29, 0.717) is 16.8 Å². The maximum Gasteiger partial charge on any atom is 0.316 e. The van der Waals surface area contributed by atoms with Crippen molar-refractivity contribution >= 4 is 33.7 Å². The number of carbonyl (C=O) groups is 1. The number of carboxylic acid groups (broad SMARTS) is 1. The highest BCUT2D eigenvalue weighted by Crippen LogP contribution is 2.30.